The van der Waals surface area contributed by atoms with Gasteiger partial charge in [0.2, 0.25) is 0 Å². The molecule has 0 bridgehead atoms. The zero-order valence-corrected chi connectivity index (χ0v) is 36.3. The van der Waals surface area contributed by atoms with Gasteiger partial charge in [-0.15, -0.1) is 0 Å². The lowest BCUT2D eigenvalue weighted by molar-refractivity contribution is -0.292. The van der Waals surface area contributed by atoms with Gasteiger partial charge in [-0.1, -0.05) is 58.4 Å². The molecule has 1 N–H and O–H groups in total. The van der Waals surface area contributed by atoms with Crippen LogP contribution in [0.5, 0.6) is 0 Å². The second kappa shape index (κ2) is 31.5. The van der Waals surface area contributed by atoms with Crippen LogP contribution in [0.2, 0.25) is 0 Å². The first-order valence-corrected chi connectivity index (χ1v) is 18.8. The fraction of sp³-hybridized carbons (Fsp3) is 0.805. The number of rotatable bonds is 24. The molecule has 0 aromatic heterocycles. The first-order chi connectivity index (χ1) is 24.3. The van der Waals surface area contributed by atoms with Crippen LogP contribution < -0.4 is 0 Å². The van der Waals surface area contributed by atoms with Crippen molar-refractivity contribution in [2.75, 3.05) is 46.8 Å². The predicted molar refractivity (Wildman–Crippen MR) is 210 cm³/mol. The Morgan fingerprint density at radius 2 is 0.830 bits per heavy atom. The van der Waals surface area contributed by atoms with Crippen LogP contribution in [0.25, 0.3) is 0 Å². The van der Waals surface area contributed by atoms with Gasteiger partial charge in [0.25, 0.3) is 0 Å². The molecule has 0 radical (unpaired) electrons. The molecule has 0 rings (SSSR count). The largest absolute Gasteiger partial charge is 0.481 e. The van der Waals surface area contributed by atoms with Gasteiger partial charge in [-0.3, -0.25) is 19.2 Å². The zero-order chi connectivity index (χ0) is 42.3. The number of hydrogen-bond donors (Lipinski definition) is 1. The first kappa shape index (κ1) is 56.9. The fourth-order valence-electron chi connectivity index (χ4n) is 2.60. The summed E-state index contributed by atoms with van der Waals surface area (Å²) in [5.74, 6) is -1.17. The monoisotopic (exact) mass is 763 g/mol. The van der Waals surface area contributed by atoms with Crippen molar-refractivity contribution < 1.29 is 58.0 Å². The summed E-state index contributed by atoms with van der Waals surface area (Å²) in [4.78, 5) is 63.8. The molecule has 53 heavy (non-hydrogen) atoms. The predicted octanol–water partition coefficient (Wildman–Crippen LogP) is 9.64. The lowest BCUT2D eigenvalue weighted by Crippen LogP contribution is -2.27. The van der Waals surface area contributed by atoms with E-state index in [1.807, 2.05) is 83.1 Å². The number of carbonyl (C=O) groups is 4. The highest BCUT2D eigenvalue weighted by molar-refractivity contribution is 5.76. The van der Waals surface area contributed by atoms with Crippen molar-refractivity contribution in [3.8, 4) is 0 Å². The van der Waals surface area contributed by atoms with E-state index in [0.717, 1.165) is 56.1 Å². The van der Waals surface area contributed by atoms with E-state index in [2.05, 4.69) is 17.9 Å². The van der Waals surface area contributed by atoms with E-state index >= 15 is 0 Å². The number of carboxylic acids is 1. The number of hydrogen-bond acceptors (Lipinski definition) is 11. The van der Waals surface area contributed by atoms with Gasteiger partial charge in [0, 0.05) is 0 Å². The molecule has 12 nitrogen and oxygen atoms in total. The molecule has 0 fully saturated rings. The molecule has 0 saturated carbocycles. The maximum absolute atomic E-state index is 11.7. The Morgan fingerprint density at radius 1 is 0.491 bits per heavy atom. The molecule has 0 aliphatic carbocycles. The summed E-state index contributed by atoms with van der Waals surface area (Å²) in [6, 6.07) is 0. The minimum Gasteiger partial charge on any atom is -0.481 e. The van der Waals surface area contributed by atoms with Crippen molar-refractivity contribution in [1.29, 1.82) is 0 Å². The van der Waals surface area contributed by atoms with Crippen molar-refractivity contribution in [2.45, 2.75) is 148 Å². The van der Waals surface area contributed by atoms with Crippen LogP contribution in [0, 0.1) is 21.7 Å². The van der Waals surface area contributed by atoms with Gasteiger partial charge in [0.05, 0.1) is 42.0 Å². The zero-order valence-electron chi connectivity index (χ0n) is 36.3. The van der Waals surface area contributed by atoms with Gasteiger partial charge in [0.1, 0.15) is 26.4 Å². The Hall–Kier alpha value is -2.80. The molecule has 0 heterocycles. The quantitative estimate of drug-likeness (QED) is 0.0249. The molecule has 0 unspecified atom stereocenters. The van der Waals surface area contributed by atoms with Crippen molar-refractivity contribution in [3.05, 3.63) is 24.3 Å². The van der Waals surface area contributed by atoms with Crippen LogP contribution in [0.1, 0.15) is 148 Å². The molecule has 0 spiro atoms. The molecule has 12 heteroatoms. The highest BCUT2D eigenvalue weighted by atomic mass is 17.2. The third kappa shape index (κ3) is 33.5. The summed E-state index contributed by atoms with van der Waals surface area (Å²) in [5, 5.41) is 8.44. The smallest absolute Gasteiger partial charge is 0.311 e. The molecule has 0 aliphatic rings. The van der Waals surface area contributed by atoms with Crippen LogP contribution in [0.15, 0.2) is 24.3 Å². The number of carboxylic acid groups (broad SMARTS) is 1. The van der Waals surface area contributed by atoms with E-state index in [0.29, 0.717) is 32.8 Å². The summed E-state index contributed by atoms with van der Waals surface area (Å²) in [7, 11) is 1.42. The molecular weight excluding hydrogens is 684 g/mol. The molecule has 0 saturated heterocycles. The average molecular weight is 763 g/mol. The van der Waals surface area contributed by atoms with Crippen molar-refractivity contribution in [2.24, 2.45) is 21.7 Å². The van der Waals surface area contributed by atoms with Crippen molar-refractivity contribution >= 4 is 23.9 Å². The summed E-state index contributed by atoms with van der Waals surface area (Å²) in [6.07, 6.45) is 6.98. The van der Waals surface area contributed by atoms with E-state index < -0.39 is 16.8 Å². The van der Waals surface area contributed by atoms with Gasteiger partial charge < -0.3 is 19.3 Å². The minimum absolute atomic E-state index is 0.100. The lowest BCUT2D eigenvalue weighted by atomic mass is 9.91. The lowest BCUT2D eigenvalue weighted by Gasteiger charge is -2.20. The Balaban J connectivity index is -0.000000323. The van der Waals surface area contributed by atoms with E-state index in [1.165, 1.54) is 7.11 Å². The summed E-state index contributed by atoms with van der Waals surface area (Å²) in [6.45, 7) is 36.0. The van der Waals surface area contributed by atoms with Crippen molar-refractivity contribution in [1.82, 2.24) is 0 Å². The summed E-state index contributed by atoms with van der Waals surface area (Å²) < 4.78 is 14.9. The van der Waals surface area contributed by atoms with E-state index in [9.17, 15) is 19.2 Å². The SMILES string of the molecule is C=C(C)COOCCCCCCOC(=O)C(C)(C)CC.C=C(C)COOCCOC(=O)C(C)(C)CC.CCC(C)(C)C(=O)O.CCC(C)(C)C(=O)OC. The molecule has 0 aromatic rings. The first-order valence-electron chi connectivity index (χ1n) is 18.8. The number of esters is 3. The Morgan fingerprint density at radius 3 is 1.13 bits per heavy atom. The Labute approximate surface area is 322 Å². The van der Waals surface area contributed by atoms with Crippen LogP contribution in [-0.2, 0) is 52.9 Å². The maximum atomic E-state index is 11.7. The maximum Gasteiger partial charge on any atom is 0.311 e. The van der Waals surface area contributed by atoms with Gasteiger partial charge >= 0.3 is 23.9 Å². The average Bonchev–Trinajstić information content (AvgIpc) is 3.10. The number of aliphatic carboxylic acids is 1. The van der Waals surface area contributed by atoms with E-state index in [4.69, 9.17) is 34.1 Å². The van der Waals surface area contributed by atoms with E-state index in [1.54, 1.807) is 13.8 Å². The van der Waals surface area contributed by atoms with E-state index in [-0.39, 0.29) is 42.0 Å². The number of methoxy groups -OCH3 is 1. The standard InChI is InChI=1S/C16H30O4.C12H22O4.C7H14O2.C6H12O2/c1-6-16(4,5)15(17)18-11-9-7-8-10-12-19-20-13-14(2)3;1-6-12(4,5)11(13)14-7-8-15-16-9-10(2)3;1-5-7(2,3)6(8)9-4;1-4-6(2,3)5(7)8/h2,6-13H2,1,3-5H3;2,6-9H2,1,3-5H3;5H2,1-4H3;4H2,1-3H3,(H,7,8). The van der Waals surface area contributed by atoms with Crippen LogP contribution in [0.3, 0.4) is 0 Å². The van der Waals surface area contributed by atoms with Gasteiger partial charge in [-0.2, -0.15) is 0 Å². The molecule has 0 aliphatic heterocycles. The van der Waals surface area contributed by atoms with Crippen molar-refractivity contribution in [3.63, 3.8) is 0 Å². The minimum atomic E-state index is -0.722. The normalized spacial score (nSPS) is 11.3. The van der Waals surface area contributed by atoms with Gasteiger partial charge in [-0.05, 0) is 114 Å². The number of carbonyl (C=O) groups excluding carboxylic acids is 3. The highest BCUT2D eigenvalue weighted by Crippen LogP contribution is 2.23. The number of ether oxygens (including phenoxy) is 3. The summed E-state index contributed by atoms with van der Waals surface area (Å²) in [5.41, 5.74) is 0.174. The van der Waals surface area contributed by atoms with Crippen LogP contribution in [-0.4, -0.2) is 75.7 Å². The fourth-order valence-corrected chi connectivity index (χ4v) is 2.60. The third-order valence-corrected chi connectivity index (χ3v) is 8.49. The van der Waals surface area contributed by atoms with Gasteiger partial charge in [0.15, 0.2) is 0 Å². The Bertz CT molecular complexity index is 1030. The highest BCUT2D eigenvalue weighted by Gasteiger charge is 2.28. The van der Waals surface area contributed by atoms with Crippen LogP contribution >= 0.6 is 0 Å². The summed E-state index contributed by atoms with van der Waals surface area (Å²) >= 11 is 0. The van der Waals surface area contributed by atoms with Gasteiger partial charge in [-0.25, -0.2) is 19.6 Å². The second-order valence-electron chi connectivity index (χ2n) is 15.5. The van der Waals surface area contributed by atoms with Crippen LogP contribution in [0.4, 0.5) is 0 Å². The Kier molecular flexibility index (Phi) is 33.9. The molecule has 0 atom stereocenters. The molecule has 314 valence electrons. The molecule has 0 aromatic carbocycles. The number of unbranched alkanes of at least 4 members (excludes halogenated alkanes) is 3. The molecular formula is C41H78O12. The topological polar surface area (TPSA) is 153 Å². The molecule has 0 amide bonds. The third-order valence-electron chi connectivity index (χ3n) is 8.49. The second-order valence-corrected chi connectivity index (χ2v) is 15.5.